The Morgan fingerprint density at radius 2 is 1.04 bits per heavy atom. The smallest absolute Gasteiger partial charge is 0.0441 e. The molecule has 0 saturated heterocycles. The summed E-state index contributed by atoms with van der Waals surface area (Å²) in [5, 5.41) is 4.54. The molecule has 0 spiro atoms. The molecular weight excluding hydrogens is 326 g/mol. The summed E-state index contributed by atoms with van der Waals surface area (Å²) in [4.78, 5) is 2.13. The zero-order chi connectivity index (χ0) is 18.8. The highest BCUT2D eigenvalue weighted by molar-refractivity contribution is 5.98. The third-order valence-corrected chi connectivity index (χ3v) is 4.79. The van der Waals surface area contributed by atoms with Crippen LogP contribution in [0.3, 0.4) is 0 Å². The fourth-order valence-electron chi connectivity index (χ4n) is 3.47. The summed E-state index contributed by atoms with van der Waals surface area (Å²) in [5.74, 6) is 9.50. The van der Waals surface area contributed by atoms with Crippen molar-refractivity contribution in [2.45, 2.75) is 0 Å². The van der Waals surface area contributed by atoms with E-state index >= 15 is 0 Å². The van der Waals surface area contributed by atoms with Crippen molar-refractivity contribution in [1.29, 1.82) is 0 Å². The van der Waals surface area contributed by atoms with Gasteiger partial charge in [0.05, 0.1) is 0 Å². The van der Waals surface area contributed by atoms with Crippen LogP contribution in [0.4, 0.5) is 5.69 Å². The Morgan fingerprint density at radius 3 is 1.59 bits per heavy atom. The quantitative estimate of drug-likeness (QED) is 0.415. The maximum absolute atomic E-state index is 5.64. The van der Waals surface area contributed by atoms with E-state index in [2.05, 4.69) is 85.3 Å². The van der Waals surface area contributed by atoms with Crippen LogP contribution in [0.5, 0.6) is 0 Å². The van der Waals surface area contributed by atoms with Crippen molar-refractivity contribution in [1.82, 2.24) is 0 Å². The molecule has 0 fully saturated rings. The van der Waals surface area contributed by atoms with Crippen LogP contribution in [0.1, 0.15) is 16.7 Å². The molecule has 0 aliphatic heterocycles. The van der Waals surface area contributed by atoms with Crippen LogP contribution in [-0.2, 0) is 0 Å². The zero-order valence-corrected chi connectivity index (χ0v) is 15.5. The number of fused-ring (bicyclic) bond motifs is 2. The van der Waals surface area contributed by atoms with Crippen LogP contribution in [0.25, 0.3) is 21.5 Å². The summed E-state index contributed by atoms with van der Waals surface area (Å²) < 4.78 is 0. The lowest BCUT2D eigenvalue weighted by molar-refractivity contribution is 1.14. The van der Waals surface area contributed by atoms with Crippen LogP contribution in [0.2, 0.25) is 0 Å². The Labute approximate surface area is 160 Å². The average molecular weight is 345 g/mol. The molecule has 0 radical (unpaired) electrons. The molecule has 0 atom stereocenters. The number of terminal acetylenes is 1. The Balaban J connectivity index is 1.89. The van der Waals surface area contributed by atoms with Crippen LogP contribution >= 0.6 is 0 Å². The van der Waals surface area contributed by atoms with E-state index in [4.69, 9.17) is 6.42 Å². The standard InChI is InChI=1S/C26H19N/c1-4-19-9-5-13-23-20(10-6-12-22(19)23)17-18-21-11-7-15-25-24(21)14-8-16-26(25)27(2)3/h1,5-16H,2-3H3. The molecule has 0 saturated carbocycles. The van der Waals surface area contributed by atoms with Gasteiger partial charge >= 0.3 is 0 Å². The summed E-state index contributed by atoms with van der Waals surface area (Å²) in [6.45, 7) is 0. The lowest BCUT2D eigenvalue weighted by Crippen LogP contribution is -2.08. The molecule has 0 N–H and O–H groups in total. The summed E-state index contributed by atoms with van der Waals surface area (Å²) in [6.07, 6.45) is 5.64. The Hall–Kier alpha value is -3.68. The van der Waals surface area contributed by atoms with Gasteiger partial charge in [0.15, 0.2) is 0 Å². The normalized spacial score (nSPS) is 10.3. The van der Waals surface area contributed by atoms with Gasteiger partial charge in [-0.05, 0) is 40.4 Å². The van der Waals surface area contributed by atoms with Crippen molar-refractivity contribution >= 4 is 27.2 Å². The van der Waals surface area contributed by atoms with Crippen LogP contribution < -0.4 is 4.90 Å². The van der Waals surface area contributed by atoms with Gasteiger partial charge in [-0.3, -0.25) is 0 Å². The van der Waals surface area contributed by atoms with Gasteiger partial charge in [-0.2, -0.15) is 0 Å². The zero-order valence-electron chi connectivity index (χ0n) is 15.5. The van der Waals surface area contributed by atoms with Gasteiger partial charge < -0.3 is 4.90 Å². The molecule has 0 aromatic heterocycles. The van der Waals surface area contributed by atoms with Gasteiger partial charge in [0.1, 0.15) is 0 Å². The van der Waals surface area contributed by atoms with E-state index in [-0.39, 0.29) is 0 Å². The highest BCUT2D eigenvalue weighted by atomic mass is 15.1. The summed E-state index contributed by atoms with van der Waals surface area (Å²) in [5.41, 5.74) is 4.11. The molecule has 1 nitrogen and oxygen atoms in total. The largest absolute Gasteiger partial charge is 0.377 e. The van der Waals surface area contributed by atoms with Crippen LogP contribution in [-0.4, -0.2) is 14.1 Å². The molecule has 27 heavy (non-hydrogen) atoms. The Kier molecular flexibility index (Phi) is 4.29. The molecular formula is C26H19N. The predicted octanol–water partition coefficient (Wildman–Crippen LogP) is 5.44. The molecule has 4 aromatic carbocycles. The molecule has 0 amide bonds. The first-order valence-electron chi connectivity index (χ1n) is 8.88. The third-order valence-electron chi connectivity index (χ3n) is 4.79. The average Bonchev–Trinajstić information content (AvgIpc) is 2.71. The van der Waals surface area contributed by atoms with E-state index in [1.165, 1.54) is 16.5 Å². The second kappa shape index (κ2) is 6.91. The molecule has 0 heterocycles. The van der Waals surface area contributed by atoms with E-state index in [9.17, 15) is 0 Å². The highest BCUT2D eigenvalue weighted by Crippen LogP contribution is 2.28. The maximum atomic E-state index is 5.64. The minimum atomic E-state index is 0.900. The van der Waals surface area contributed by atoms with Gasteiger partial charge in [-0.1, -0.05) is 66.3 Å². The minimum Gasteiger partial charge on any atom is -0.377 e. The molecule has 0 aliphatic carbocycles. The summed E-state index contributed by atoms with van der Waals surface area (Å²) >= 11 is 0. The predicted molar refractivity (Wildman–Crippen MR) is 116 cm³/mol. The first-order chi connectivity index (χ1) is 13.2. The maximum Gasteiger partial charge on any atom is 0.0441 e. The molecule has 0 bridgehead atoms. The SMILES string of the molecule is C#Cc1cccc2c(C#Cc3cccc4c(N(C)C)cccc34)cccc12. The van der Waals surface area contributed by atoms with Gasteiger partial charge in [0.25, 0.3) is 0 Å². The van der Waals surface area contributed by atoms with Crippen molar-refractivity contribution in [3.8, 4) is 24.2 Å². The topological polar surface area (TPSA) is 3.24 Å². The summed E-state index contributed by atoms with van der Waals surface area (Å²) in [7, 11) is 4.12. The lowest BCUT2D eigenvalue weighted by Gasteiger charge is -2.15. The molecule has 1 heteroatoms. The molecule has 128 valence electrons. The van der Waals surface area contributed by atoms with E-state index in [0.717, 1.165) is 27.5 Å². The monoisotopic (exact) mass is 345 g/mol. The van der Waals surface area contributed by atoms with Crippen LogP contribution in [0.15, 0.2) is 72.8 Å². The van der Waals surface area contributed by atoms with E-state index in [1.807, 2.05) is 24.3 Å². The van der Waals surface area contributed by atoms with Crippen molar-refractivity contribution in [3.63, 3.8) is 0 Å². The lowest BCUT2D eigenvalue weighted by atomic mass is 9.99. The second-order valence-electron chi connectivity index (χ2n) is 6.67. The van der Waals surface area contributed by atoms with Crippen LogP contribution in [0, 0.1) is 24.2 Å². The minimum absolute atomic E-state index is 0.900. The fourth-order valence-corrected chi connectivity index (χ4v) is 3.47. The van der Waals surface area contributed by atoms with E-state index in [1.54, 1.807) is 0 Å². The van der Waals surface area contributed by atoms with Gasteiger partial charge in [-0.25, -0.2) is 0 Å². The highest BCUT2D eigenvalue weighted by Gasteiger charge is 2.05. The summed E-state index contributed by atoms with van der Waals surface area (Å²) in [6, 6.07) is 24.8. The molecule has 0 aliphatic rings. The van der Waals surface area contributed by atoms with Crippen molar-refractivity contribution in [3.05, 3.63) is 89.5 Å². The van der Waals surface area contributed by atoms with Gasteiger partial charge in [-0.15, -0.1) is 6.42 Å². The Bertz CT molecular complexity index is 1260. The number of hydrogen-bond donors (Lipinski definition) is 0. The number of anilines is 1. The number of hydrogen-bond acceptors (Lipinski definition) is 1. The number of benzene rings is 4. The molecule has 4 aromatic rings. The molecule has 4 rings (SSSR count). The van der Waals surface area contributed by atoms with Gasteiger partial charge in [0, 0.05) is 41.9 Å². The van der Waals surface area contributed by atoms with Crippen molar-refractivity contribution in [2.75, 3.05) is 19.0 Å². The van der Waals surface area contributed by atoms with Gasteiger partial charge in [0.2, 0.25) is 0 Å². The Morgan fingerprint density at radius 1 is 0.593 bits per heavy atom. The second-order valence-corrected chi connectivity index (χ2v) is 6.67. The van der Waals surface area contributed by atoms with E-state index < -0.39 is 0 Å². The van der Waals surface area contributed by atoms with Crippen molar-refractivity contribution < 1.29 is 0 Å². The number of nitrogens with zero attached hydrogens (tertiary/aromatic N) is 1. The van der Waals surface area contributed by atoms with E-state index in [0.29, 0.717) is 0 Å². The first-order valence-corrected chi connectivity index (χ1v) is 8.88. The fraction of sp³-hybridized carbons (Fsp3) is 0.0769. The first kappa shape index (κ1) is 16.8. The van der Waals surface area contributed by atoms with Crippen molar-refractivity contribution in [2.24, 2.45) is 0 Å². The number of rotatable bonds is 1. The molecule has 0 unspecified atom stereocenters. The third kappa shape index (κ3) is 3.01.